The molecule has 0 spiro atoms. The maximum Gasteiger partial charge on any atom is 0.0638 e. The van der Waals surface area contributed by atoms with Crippen LogP contribution in [0.25, 0.3) is 0 Å². The molecule has 0 bridgehead atoms. The van der Waals surface area contributed by atoms with Crippen LogP contribution in [0.1, 0.15) is 13.8 Å². The van der Waals surface area contributed by atoms with Gasteiger partial charge in [0.25, 0.3) is 0 Å². The Hall–Kier alpha value is -0.530. The van der Waals surface area contributed by atoms with Crippen LogP contribution in [-0.4, -0.2) is 10.5 Å². The number of hydrogen-bond donors (Lipinski definition) is 0. The van der Waals surface area contributed by atoms with Crippen LogP contribution in [0.3, 0.4) is 0 Å². The molecule has 0 aliphatic rings. The second-order valence-electron chi connectivity index (χ2n) is 1.75. The van der Waals surface area contributed by atoms with Gasteiger partial charge in [-0.25, -0.2) is 0 Å². The van der Waals surface area contributed by atoms with Crippen molar-refractivity contribution >= 4 is 11.8 Å². The Morgan fingerprint density at radius 1 is 1.11 bits per heavy atom. The topological polar surface area (TPSA) is 0 Å². The molecular weight excluding hydrogens is 128 g/mol. The molecule has 9 heavy (non-hydrogen) atoms. The van der Waals surface area contributed by atoms with Gasteiger partial charge in [0.15, 0.2) is 0 Å². The standard InChI is InChI=1S/C8H10S/c1-5-7(3)9-8(4)6-2/h1-2,7-8H,3-4H3. The minimum absolute atomic E-state index is 0.232. The van der Waals surface area contributed by atoms with E-state index in [1.807, 2.05) is 13.8 Å². The predicted molar refractivity (Wildman–Crippen MR) is 44.2 cm³/mol. The Morgan fingerprint density at radius 3 is 1.67 bits per heavy atom. The summed E-state index contributed by atoms with van der Waals surface area (Å²) in [6.07, 6.45) is 10.3. The first-order valence-electron chi connectivity index (χ1n) is 2.78. The molecule has 0 amide bonds. The molecule has 0 saturated heterocycles. The fourth-order valence-corrected chi connectivity index (χ4v) is 1.15. The van der Waals surface area contributed by atoms with E-state index in [4.69, 9.17) is 12.8 Å². The zero-order chi connectivity index (χ0) is 7.28. The maximum atomic E-state index is 5.14. The molecule has 0 aromatic rings. The molecule has 0 rings (SSSR count). The first-order valence-corrected chi connectivity index (χ1v) is 3.72. The van der Waals surface area contributed by atoms with Gasteiger partial charge >= 0.3 is 0 Å². The number of hydrogen-bond acceptors (Lipinski definition) is 1. The highest BCUT2D eigenvalue weighted by molar-refractivity contribution is 8.00. The summed E-state index contributed by atoms with van der Waals surface area (Å²) in [6, 6.07) is 0. The van der Waals surface area contributed by atoms with Crippen LogP contribution in [0.2, 0.25) is 0 Å². The van der Waals surface area contributed by atoms with Crippen molar-refractivity contribution in [2.24, 2.45) is 0 Å². The highest BCUT2D eigenvalue weighted by Crippen LogP contribution is 2.14. The quantitative estimate of drug-likeness (QED) is 0.524. The van der Waals surface area contributed by atoms with Crippen molar-refractivity contribution in [3.8, 4) is 24.7 Å². The van der Waals surface area contributed by atoms with E-state index in [9.17, 15) is 0 Å². The van der Waals surface area contributed by atoms with Crippen LogP contribution < -0.4 is 0 Å². The Balaban J connectivity index is 3.53. The summed E-state index contributed by atoms with van der Waals surface area (Å²) in [5, 5.41) is 0.465. The fraction of sp³-hybridized carbons (Fsp3) is 0.500. The van der Waals surface area contributed by atoms with E-state index in [2.05, 4.69) is 11.8 Å². The van der Waals surface area contributed by atoms with Gasteiger partial charge in [0.05, 0.1) is 10.5 Å². The lowest BCUT2D eigenvalue weighted by Crippen LogP contribution is -1.98. The Kier molecular flexibility index (Phi) is 4.10. The van der Waals surface area contributed by atoms with Gasteiger partial charge in [-0.3, -0.25) is 0 Å². The predicted octanol–water partition coefficient (Wildman–Crippen LogP) is 1.76. The molecule has 0 fully saturated rings. The van der Waals surface area contributed by atoms with Crippen LogP contribution in [0, 0.1) is 24.7 Å². The minimum atomic E-state index is 0.232. The van der Waals surface area contributed by atoms with E-state index in [1.54, 1.807) is 11.8 Å². The summed E-state index contributed by atoms with van der Waals surface area (Å²) in [5.74, 6) is 5.20. The summed E-state index contributed by atoms with van der Waals surface area (Å²) < 4.78 is 0. The molecule has 0 radical (unpaired) electrons. The van der Waals surface area contributed by atoms with E-state index < -0.39 is 0 Å². The first kappa shape index (κ1) is 8.47. The summed E-state index contributed by atoms with van der Waals surface area (Å²) in [7, 11) is 0. The molecule has 1 heteroatoms. The van der Waals surface area contributed by atoms with Crippen molar-refractivity contribution < 1.29 is 0 Å². The van der Waals surface area contributed by atoms with E-state index in [1.165, 1.54) is 0 Å². The number of thioether (sulfide) groups is 1. The van der Waals surface area contributed by atoms with Gasteiger partial charge in [0.1, 0.15) is 0 Å². The molecule has 2 unspecified atom stereocenters. The fourth-order valence-electron chi connectivity index (χ4n) is 0.385. The maximum absolute atomic E-state index is 5.14. The van der Waals surface area contributed by atoms with Crippen LogP contribution in [-0.2, 0) is 0 Å². The summed E-state index contributed by atoms with van der Waals surface area (Å²) in [4.78, 5) is 0. The highest BCUT2D eigenvalue weighted by atomic mass is 32.2. The normalized spacial score (nSPS) is 15.1. The smallest absolute Gasteiger partial charge is 0.0638 e. The minimum Gasteiger partial charge on any atom is -0.130 e. The van der Waals surface area contributed by atoms with E-state index in [0.717, 1.165) is 0 Å². The van der Waals surface area contributed by atoms with Crippen molar-refractivity contribution in [1.29, 1.82) is 0 Å². The van der Waals surface area contributed by atoms with Gasteiger partial charge in [-0.1, -0.05) is 11.8 Å². The van der Waals surface area contributed by atoms with E-state index in [-0.39, 0.29) is 10.5 Å². The third-order valence-corrected chi connectivity index (χ3v) is 1.97. The molecule has 0 aromatic heterocycles. The summed E-state index contributed by atoms with van der Waals surface area (Å²) in [6.45, 7) is 3.94. The lowest BCUT2D eigenvalue weighted by Gasteiger charge is -2.04. The SMILES string of the molecule is C#CC(C)SC(C)C#C. The molecule has 48 valence electrons. The van der Waals surface area contributed by atoms with Crippen LogP contribution >= 0.6 is 11.8 Å². The van der Waals surface area contributed by atoms with Crippen molar-refractivity contribution in [2.45, 2.75) is 24.3 Å². The van der Waals surface area contributed by atoms with Gasteiger partial charge in [-0.05, 0) is 13.8 Å². The lowest BCUT2D eigenvalue weighted by molar-refractivity contribution is 1.23. The molecule has 0 aliphatic carbocycles. The highest BCUT2D eigenvalue weighted by Gasteiger charge is 2.01. The van der Waals surface area contributed by atoms with Crippen molar-refractivity contribution in [1.82, 2.24) is 0 Å². The summed E-state index contributed by atoms with van der Waals surface area (Å²) in [5.41, 5.74) is 0. The molecule has 0 aliphatic heterocycles. The second-order valence-corrected chi connectivity index (χ2v) is 3.44. The van der Waals surface area contributed by atoms with Crippen LogP contribution in [0.4, 0.5) is 0 Å². The first-order chi connectivity index (χ1) is 4.20. The van der Waals surface area contributed by atoms with Crippen molar-refractivity contribution in [3.05, 3.63) is 0 Å². The number of terminal acetylenes is 2. The molecule has 0 nitrogen and oxygen atoms in total. The monoisotopic (exact) mass is 138 g/mol. The summed E-state index contributed by atoms with van der Waals surface area (Å²) >= 11 is 1.63. The average molecular weight is 138 g/mol. The molecule has 0 saturated carbocycles. The Labute approximate surface area is 61.4 Å². The number of rotatable bonds is 2. The lowest BCUT2D eigenvalue weighted by atomic mass is 10.5. The third kappa shape index (κ3) is 4.01. The molecular formula is C8H10S. The van der Waals surface area contributed by atoms with Crippen LogP contribution in [0.15, 0.2) is 0 Å². The molecule has 0 N–H and O–H groups in total. The Bertz CT molecular complexity index is 129. The van der Waals surface area contributed by atoms with Gasteiger partial charge in [0, 0.05) is 0 Å². The zero-order valence-electron chi connectivity index (χ0n) is 5.72. The van der Waals surface area contributed by atoms with Crippen LogP contribution in [0.5, 0.6) is 0 Å². The molecule has 2 atom stereocenters. The van der Waals surface area contributed by atoms with Gasteiger partial charge in [0.2, 0.25) is 0 Å². The van der Waals surface area contributed by atoms with Crippen molar-refractivity contribution in [2.75, 3.05) is 0 Å². The van der Waals surface area contributed by atoms with Gasteiger partial charge in [-0.2, -0.15) is 0 Å². The van der Waals surface area contributed by atoms with Gasteiger partial charge < -0.3 is 0 Å². The van der Waals surface area contributed by atoms with Gasteiger partial charge in [-0.15, -0.1) is 24.6 Å². The second kappa shape index (κ2) is 4.36. The average Bonchev–Trinajstić information content (AvgIpc) is 1.87. The zero-order valence-corrected chi connectivity index (χ0v) is 6.53. The molecule has 0 aromatic carbocycles. The largest absolute Gasteiger partial charge is 0.130 e. The van der Waals surface area contributed by atoms with E-state index >= 15 is 0 Å². The molecule has 0 heterocycles. The van der Waals surface area contributed by atoms with E-state index in [0.29, 0.717) is 0 Å². The third-order valence-electron chi connectivity index (χ3n) is 0.878. The van der Waals surface area contributed by atoms with Crippen molar-refractivity contribution in [3.63, 3.8) is 0 Å². The Morgan fingerprint density at radius 2 is 1.44 bits per heavy atom.